The molecule has 31 heavy (non-hydrogen) atoms. The Kier molecular flexibility index (Phi) is 10.6. The Morgan fingerprint density at radius 1 is 1.10 bits per heavy atom. The van der Waals surface area contributed by atoms with Crippen LogP contribution in [0.25, 0.3) is 11.4 Å². The summed E-state index contributed by atoms with van der Waals surface area (Å²) in [4.78, 5) is 19.2. The lowest BCUT2D eigenvalue weighted by Crippen LogP contribution is -2.29. The highest BCUT2D eigenvalue weighted by Crippen LogP contribution is 2.19. The molecule has 0 fully saturated rings. The predicted octanol–water partition coefficient (Wildman–Crippen LogP) is 4.26. The van der Waals surface area contributed by atoms with E-state index in [4.69, 9.17) is 5.73 Å². The lowest BCUT2D eigenvalue weighted by Gasteiger charge is -2.24. The van der Waals surface area contributed by atoms with Gasteiger partial charge < -0.3 is 11.1 Å². The molecule has 0 saturated carbocycles. The van der Waals surface area contributed by atoms with Gasteiger partial charge in [0.2, 0.25) is 0 Å². The molecule has 1 heterocycles. The van der Waals surface area contributed by atoms with Gasteiger partial charge in [-0.25, -0.2) is 4.98 Å². The van der Waals surface area contributed by atoms with Gasteiger partial charge in [0, 0.05) is 29.4 Å². The number of nitrogens with one attached hydrogen (secondary N) is 2. The van der Waals surface area contributed by atoms with Crippen molar-refractivity contribution < 1.29 is 4.79 Å². The average molecular weight is 465 g/mol. The molecule has 4 N–H and O–H groups in total. The van der Waals surface area contributed by atoms with E-state index in [9.17, 15) is 4.79 Å². The molecule has 0 atom stereocenters. The maximum absolute atomic E-state index is 12.5. The third kappa shape index (κ3) is 7.04. The fourth-order valence-corrected chi connectivity index (χ4v) is 3.08. The van der Waals surface area contributed by atoms with E-state index in [2.05, 4.69) is 46.2 Å². The van der Waals surface area contributed by atoms with Gasteiger partial charge in [0.25, 0.3) is 5.91 Å². The lowest BCUT2D eigenvalue weighted by molar-refractivity contribution is 0.102. The third-order valence-electron chi connectivity index (χ3n) is 4.86. The minimum absolute atomic E-state index is 0. The van der Waals surface area contributed by atoms with Gasteiger partial charge >= 0.3 is 0 Å². The first-order valence-corrected chi connectivity index (χ1v) is 9.86. The number of rotatable bonds is 8. The molecule has 3 aromatic rings. The number of aromatic nitrogens is 3. The molecular formula is C22H30Cl2N6O. The topological polar surface area (TPSA) is 99.9 Å². The SMILES string of the molecule is CCN(Cc1ccc(C(=O)Nc2ccc(-c3n[nH]c(CN)n3)cc2)cc1)C(C)C.Cl.Cl. The summed E-state index contributed by atoms with van der Waals surface area (Å²) in [5.41, 5.74) is 8.95. The van der Waals surface area contributed by atoms with Gasteiger partial charge in [-0.05, 0) is 62.4 Å². The Bertz CT molecular complexity index is 941. The molecule has 0 bridgehead atoms. The van der Waals surface area contributed by atoms with Crippen molar-refractivity contribution in [3.05, 3.63) is 65.5 Å². The van der Waals surface area contributed by atoms with Crippen LogP contribution in [-0.2, 0) is 13.1 Å². The van der Waals surface area contributed by atoms with Crippen LogP contribution in [0.1, 0.15) is 42.5 Å². The third-order valence-corrected chi connectivity index (χ3v) is 4.86. The zero-order chi connectivity index (χ0) is 20.8. The van der Waals surface area contributed by atoms with Crippen LogP contribution < -0.4 is 11.1 Å². The van der Waals surface area contributed by atoms with Gasteiger partial charge in [0.1, 0.15) is 5.82 Å². The summed E-state index contributed by atoms with van der Waals surface area (Å²) in [7, 11) is 0. The number of halogens is 2. The van der Waals surface area contributed by atoms with Crippen molar-refractivity contribution in [3.63, 3.8) is 0 Å². The van der Waals surface area contributed by atoms with E-state index in [1.54, 1.807) is 0 Å². The Hall–Kier alpha value is -2.45. The lowest BCUT2D eigenvalue weighted by atomic mass is 10.1. The molecule has 0 aliphatic heterocycles. The molecule has 9 heteroatoms. The first kappa shape index (κ1) is 26.6. The van der Waals surface area contributed by atoms with E-state index in [-0.39, 0.29) is 30.7 Å². The maximum atomic E-state index is 12.5. The second-order valence-corrected chi connectivity index (χ2v) is 7.20. The fourth-order valence-electron chi connectivity index (χ4n) is 3.08. The molecule has 1 amide bonds. The van der Waals surface area contributed by atoms with Crippen LogP contribution in [0.5, 0.6) is 0 Å². The molecule has 2 aromatic carbocycles. The monoisotopic (exact) mass is 464 g/mol. The largest absolute Gasteiger partial charge is 0.324 e. The molecule has 0 saturated heterocycles. The highest BCUT2D eigenvalue weighted by molar-refractivity contribution is 6.04. The second kappa shape index (κ2) is 12.4. The minimum Gasteiger partial charge on any atom is -0.324 e. The fraction of sp³-hybridized carbons (Fsp3) is 0.318. The summed E-state index contributed by atoms with van der Waals surface area (Å²) >= 11 is 0. The van der Waals surface area contributed by atoms with Crippen LogP contribution in [0.2, 0.25) is 0 Å². The summed E-state index contributed by atoms with van der Waals surface area (Å²) in [6.45, 7) is 8.73. The Morgan fingerprint density at radius 2 is 1.74 bits per heavy atom. The van der Waals surface area contributed by atoms with Crippen LogP contribution in [0.15, 0.2) is 48.5 Å². The maximum Gasteiger partial charge on any atom is 0.255 e. The zero-order valence-corrected chi connectivity index (χ0v) is 19.6. The average Bonchev–Trinajstić information content (AvgIpc) is 3.22. The number of amides is 1. The highest BCUT2D eigenvalue weighted by Gasteiger charge is 2.10. The molecule has 0 spiro atoms. The number of aromatic amines is 1. The number of hydrogen-bond donors (Lipinski definition) is 3. The summed E-state index contributed by atoms with van der Waals surface area (Å²) in [6.07, 6.45) is 0. The van der Waals surface area contributed by atoms with Gasteiger partial charge in [0.05, 0.1) is 6.54 Å². The highest BCUT2D eigenvalue weighted by atomic mass is 35.5. The number of nitrogens with two attached hydrogens (primary N) is 1. The number of hydrogen-bond acceptors (Lipinski definition) is 5. The van der Waals surface area contributed by atoms with Crippen molar-refractivity contribution in [1.29, 1.82) is 0 Å². The van der Waals surface area contributed by atoms with E-state index in [1.807, 2.05) is 48.5 Å². The summed E-state index contributed by atoms with van der Waals surface area (Å²) in [6, 6.07) is 15.7. The summed E-state index contributed by atoms with van der Waals surface area (Å²) < 4.78 is 0. The van der Waals surface area contributed by atoms with Crippen LogP contribution in [0.3, 0.4) is 0 Å². The number of carbonyl (C=O) groups excluding carboxylic acids is 1. The molecule has 1 aromatic heterocycles. The summed E-state index contributed by atoms with van der Waals surface area (Å²) in [5.74, 6) is 1.08. The quantitative estimate of drug-likeness (QED) is 0.462. The van der Waals surface area contributed by atoms with E-state index < -0.39 is 0 Å². The standard InChI is InChI=1S/C22H28N6O.2ClH/c1-4-28(15(2)3)14-16-5-7-18(8-6-16)22(29)24-19-11-9-17(10-12-19)21-25-20(13-23)26-27-21;;/h5-12,15H,4,13-14,23H2,1-3H3,(H,24,29)(H,25,26,27);2*1H. The van der Waals surface area contributed by atoms with Crippen molar-refractivity contribution in [2.24, 2.45) is 5.73 Å². The Morgan fingerprint density at radius 3 is 2.26 bits per heavy atom. The van der Waals surface area contributed by atoms with E-state index in [0.717, 1.165) is 24.3 Å². The predicted molar refractivity (Wildman–Crippen MR) is 130 cm³/mol. The molecule has 168 valence electrons. The Labute approximate surface area is 195 Å². The molecule has 0 aliphatic carbocycles. The first-order chi connectivity index (χ1) is 14.0. The van der Waals surface area contributed by atoms with E-state index >= 15 is 0 Å². The van der Waals surface area contributed by atoms with Gasteiger partial charge in [0.15, 0.2) is 5.82 Å². The zero-order valence-electron chi connectivity index (χ0n) is 18.0. The van der Waals surface area contributed by atoms with Gasteiger partial charge in [-0.3, -0.25) is 14.8 Å². The smallest absolute Gasteiger partial charge is 0.255 e. The van der Waals surface area contributed by atoms with Gasteiger partial charge in [-0.1, -0.05) is 19.1 Å². The second-order valence-electron chi connectivity index (χ2n) is 7.20. The van der Waals surface area contributed by atoms with Gasteiger partial charge in [-0.2, -0.15) is 5.10 Å². The first-order valence-electron chi connectivity index (χ1n) is 9.86. The van der Waals surface area contributed by atoms with E-state index in [0.29, 0.717) is 29.8 Å². The van der Waals surface area contributed by atoms with Crippen LogP contribution >= 0.6 is 24.8 Å². The number of carbonyl (C=O) groups is 1. The molecule has 7 nitrogen and oxygen atoms in total. The van der Waals surface area contributed by atoms with Crippen molar-refractivity contribution >= 4 is 36.4 Å². The van der Waals surface area contributed by atoms with Gasteiger partial charge in [-0.15, -0.1) is 24.8 Å². The molecule has 0 radical (unpaired) electrons. The van der Waals surface area contributed by atoms with Crippen LogP contribution in [0, 0.1) is 0 Å². The normalized spacial score (nSPS) is 10.5. The van der Waals surface area contributed by atoms with Crippen LogP contribution in [0.4, 0.5) is 5.69 Å². The summed E-state index contributed by atoms with van der Waals surface area (Å²) in [5, 5.41) is 9.85. The molecular weight excluding hydrogens is 435 g/mol. The molecule has 0 unspecified atom stereocenters. The van der Waals surface area contributed by atoms with Crippen molar-refractivity contribution in [2.75, 3.05) is 11.9 Å². The number of benzene rings is 2. The number of anilines is 1. The molecule has 0 aliphatic rings. The van der Waals surface area contributed by atoms with Crippen molar-refractivity contribution in [3.8, 4) is 11.4 Å². The number of nitrogens with zero attached hydrogens (tertiary/aromatic N) is 3. The van der Waals surface area contributed by atoms with Crippen molar-refractivity contribution in [1.82, 2.24) is 20.1 Å². The molecule has 3 rings (SSSR count). The van der Waals surface area contributed by atoms with Crippen molar-refractivity contribution in [2.45, 2.75) is 39.9 Å². The van der Waals surface area contributed by atoms with E-state index in [1.165, 1.54) is 5.56 Å². The van der Waals surface area contributed by atoms with Crippen LogP contribution in [-0.4, -0.2) is 38.6 Å². The minimum atomic E-state index is -0.135. The Balaban J connectivity index is 0.00000240. The number of H-pyrrole nitrogens is 1.